The first-order chi connectivity index (χ1) is 12.5. The van der Waals surface area contributed by atoms with Crippen LogP contribution in [-0.2, 0) is 9.47 Å². The molecule has 1 aliphatic heterocycles. The number of methoxy groups -OCH3 is 1. The normalized spacial score (nSPS) is 20.2. The maximum atomic E-state index is 14.6. The second-order valence-corrected chi connectivity index (χ2v) is 6.17. The van der Waals surface area contributed by atoms with E-state index in [1.165, 1.54) is 25.3 Å². The molecule has 1 aliphatic rings. The SMILES string of the molecule is CCOC1CCC(c2ccc(-c3ccc(OC)c(F)c3F)cc2F)CO1. The topological polar surface area (TPSA) is 27.7 Å². The van der Waals surface area contributed by atoms with Gasteiger partial charge in [-0.3, -0.25) is 0 Å². The van der Waals surface area contributed by atoms with Gasteiger partial charge in [-0.1, -0.05) is 12.1 Å². The van der Waals surface area contributed by atoms with Gasteiger partial charge in [-0.05, 0) is 49.1 Å². The molecule has 1 fully saturated rings. The molecule has 0 radical (unpaired) electrons. The maximum Gasteiger partial charge on any atom is 0.201 e. The van der Waals surface area contributed by atoms with Crippen LogP contribution in [0.3, 0.4) is 0 Å². The quantitative estimate of drug-likeness (QED) is 0.742. The van der Waals surface area contributed by atoms with E-state index in [0.29, 0.717) is 25.2 Å². The first-order valence-corrected chi connectivity index (χ1v) is 8.60. The molecular weight excluding hydrogens is 345 g/mol. The van der Waals surface area contributed by atoms with Gasteiger partial charge in [-0.25, -0.2) is 8.78 Å². The molecule has 0 aliphatic carbocycles. The van der Waals surface area contributed by atoms with Gasteiger partial charge in [-0.2, -0.15) is 4.39 Å². The summed E-state index contributed by atoms with van der Waals surface area (Å²) in [5.74, 6) is -2.87. The Morgan fingerprint density at radius 2 is 1.88 bits per heavy atom. The molecule has 6 heteroatoms. The Labute approximate surface area is 150 Å². The minimum atomic E-state index is -1.09. The van der Waals surface area contributed by atoms with E-state index in [1.54, 1.807) is 12.1 Å². The fourth-order valence-corrected chi connectivity index (χ4v) is 3.23. The number of ether oxygens (including phenoxy) is 3. The molecule has 0 N–H and O–H groups in total. The van der Waals surface area contributed by atoms with Crippen LogP contribution in [0, 0.1) is 17.5 Å². The first-order valence-electron chi connectivity index (χ1n) is 8.60. The molecule has 0 saturated carbocycles. The number of halogens is 3. The molecule has 3 nitrogen and oxygen atoms in total. The molecule has 3 rings (SSSR count). The summed E-state index contributed by atoms with van der Waals surface area (Å²) in [5.41, 5.74) is 0.775. The van der Waals surface area contributed by atoms with E-state index in [4.69, 9.17) is 14.2 Å². The molecule has 1 heterocycles. The van der Waals surface area contributed by atoms with Crippen molar-refractivity contribution in [2.45, 2.75) is 32.0 Å². The van der Waals surface area contributed by atoms with E-state index in [0.717, 1.165) is 6.42 Å². The van der Waals surface area contributed by atoms with Gasteiger partial charge in [0.2, 0.25) is 5.82 Å². The van der Waals surface area contributed by atoms with Crippen molar-refractivity contribution in [1.29, 1.82) is 0 Å². The summed E-state index contributed by atoms with van der Waals surface area (Å²) in [6.45, 7) is 2.84. The van der Waals surface area contributed by atoms with E-state index >= 15 is 0 Å². The monoisotopic (exact) mass is 366 g/mol. The van der Waals surface area contributed by atoms with Crippen molar-refractivity contribution < 1.29 is 27.4 Å². The van der Waals surface area contributed by atoms with Crippen molar-refractivity contribution in [3.8, 4) is 16.9 Å². The van der Waals surface area contributed by atoms with Gasteiger partial charge in [0.15, 0.2) is 17.9 Å². The molecule has 0 spiro atoms. The van der Waals surface area contributed by atoms with Crippen LogP contribution in [0.15, 0.2) is 30.3 Å². The smallest absolute Gasteiger partial charge is 0.201 e. The molecule has 2 aromatic carbocycles. The lowest BCUT2D eigenvalue weighted by atomic mass is 9.91. The maximum absolute atomic E-state index is 14.6. The summed E-state index contributed by atoms with van der Waals surface area (Å²) in [4.78, 5) is 0. The predicted molar refractivity (Wildman–Crippen MR) is 91.6 cm³/mol. The van der Waals surface area contributed by atoms with Gasteiger partial charge >= 0.3 is 0 Å². The van der Waals surface area contributed by atoms with Gasteiger partial charge < -0.3 is 14.2 Å². The summed E-state index contributed by atoms with van der Waals surface area (Å²) >= 11 is 0. The van der Waals surface area contributed by atoms with E-state index in [1.807, 2.05) is 6.92 Å². The zero-order chi connectivity index (χ0) is 18.7. The van der Waals surface area contributed by atoms with Crippen LogP contribution in [-0.4, -0.2) is 26.6 Å². The van der Waals surface area contributed by atoms with Gasteiger partial charge in [0.05, 0.1) is 13.7 Å². The van der Waals surface area contributed by atoms with Crippen LogP contribution < -0.4 is 4.74 Å². The molecule has 2 atom stereocenters. The fourth-order valence-electron chi connectivity index (χ4n) is 3.23. The highest BCUT2D eigenvalue weighted by Crippen LogP contribution is 2.34. The van der Waals surface area contributed by atoms with Crippen LogP contribution in [0.4, 0.5) is 13.2 Å². The highest BCUT2D eigenvalue weighted by Gasteiger charge is 2.25. The highest BCUT2D eigenvalue weighted by molar-refractivity contribution is 5.66. The summed E-state index contributed by atoms with van der Waals surface area (Å²) in [6, 6.07) is 7.14. The third-order valence-corrected chi connectivity index (χ3v) is 4.60. The molecule has 0 aromatic heterocycles. The Morgan fingerprint density at radius 3 is 2.50 bits per heavy atom. The molecule has 2 unspecified atom stereocenters. The molecule has 2 aromatic rings. The minimum Gasteiger partial charge on any atom is -0.494 e. The number of benzene rings is 2. The highest BCUT2D eigenvalue weighted by atomic mass is 19.2. The van der Waals surface area contributed by atoms with E-state index in [9.17, 15) is 13.2 Å². The molecule has 0 amide bonds. The number of hydrogen-bond donors (Lipinski definition) is 0. The van der Waals surface area contributed by atoms with E-state index < -0.39 is 17.5 Å². The van der Waals surface area contributed by atoms with Crippen LogP contribution in [0.5, 0.6) is 5.75 Å². The second-order valence-electron chi connectivity index (χ2n) is 6.17. The standard InChI is InChI=1S/C20H21F3O3/c1-3-25-18-9-5-13(11-26-18)14-6-4-12(10-16(14)21)15-7-8-17(24-2)20(23)19(15)22/h4,6-8,10,13,18H,3,5,9,11H2,1-2H3. The molecule has 1 saturated heterocycles. The van der Waals surface area contributed by atoms with Gasteiger partial charge in [0, 0.05) is 18.1 Å². The van der Waals surface area contributed by atoms with Crippen molar-refractivity contribution in [3.05, 3.63) is 53.3 Å². The molecule has 0 bridgehead atoms. The Hall–Kier alpha value is -2.05. The third kappa shape index (κ3) is 3.71. The van der Waals surface area contributed by atoms with Crippen molar-refractivity contribution >= 4 is 0 Å². The zero-order valence-electron chi connectivity index (χ0n) is 14.7. The second kappa shape index (κ2) is 8.10. The van der Waals surface area contributed by atoms with Crippen LogP contribution in [0.2, 0.25) is 0 Å². The van der Waals surface area contributed by atoms with E-state index in [-0.39, 0.29) is 29.1 Å². The van der Waals surface area contributed by atoms with Crippen molar-refractivity contribution in [2.75, 3.05) is 20.3 Å². The fraction of sp³-hybridized carbons (Fsp3) is 0.400. The molecule has 140 valence electrons. The minimum absolute atomic E-state index is 0.00921. The Bertz CT molecular complexity index is 771. The van der Waals surface area contributed by atoms with Crippen LogP contribution in [0.1, 0.15) is 31.2 Å². The Kier molecular flexibility index (Phi) is 5.84. The lowest BCUT2D eigenvalue weighted by Crippen LogP contribution is -2.27. The summed E-state index contributed by atoms with van der Waals surface area (Å²) in [5, 5.41) is 0. The summed E-state index contributed by atoms with van der Waals surface area (Å²) in [6.07, 6.45) is 1.19. The Balaban J connectivity index is 1.82. The van der Waals surface area contributed by atoms with Crippen LogP contribution >= 0.6 is 0 Å². The van der Waals surface area contributed by atoms with Gasteiger partial charge in [0.25, 0.3) is 0 Å². The Morgan fingerprint density at radius 1 is 1.08 bits per heavy atom. The first kappa shape index (κ1) is 18.7. The van der Waals surface area contributed by atoms with Gasteiger partial charge in [0.1, 0.15) is 5.82 Å². The lowest BCUT2D eigenvalue weighted by Gasteiger charge is -2.29. The van der Waals surface area contributed by atoms with Crippen molar-refractivity contribution in [3.63, 3.8) is 0 Å². The third-order valence-electron chi connectivity index (χ3n) is 4.60. The van der Waals surface area contributed by atoms with Crippen LogP contribution in [0.25, 0.3) is 11.1 Å². The molecular formula is C20H21F3O3. The lowest BCUT2D eigenvalue weighted by molar-refractivity contribution is -0.164. The van der Waals surface area contributed by atoms with E-state index in [2.05, 4.69) is 0 Å². The largest absolute Gasteiger partial charge is 0.494 e. The summed E-state index contributed by atoms with van der Waals surface area (Å²) in [7, 11) is 1.26. The van der Waals surface area contributed by atoms with Gasteiger partial charge in [-0.15, -0.1) is 0 Å². The van der Waals surface area contributed by atoms with Crippen molar-refractivity contribution in [1.82, 2.24) is 0 Å². The zero-order valence-corrected chi connectivity index (χ0v) is 14.7. The average molecular weight is 366 g/mol. The predicted octanol–water partition coefficient (Wildman–Crippen LogP) is 5.04. The molecule has 26 heavy (non-hydrogen) atoms. The summed E-state index contributed by atoms with van der Waals surface area (Å²) < 4.78 is 58.5. The average Bonchev–Trinajstić information content (AvgIpc) is 2.65. The number of hydrogen-bond acceptors (Lipinski definition) is 3. The van der Waals surface area contributed by atoms with Crippen molar-refractivity contribution in [2.24, 2.45) is 0 Å². The number of rotatable bonds is 5.